The molecule has 3 N–H and O–H groups in total. The smallest absolute Gasteiger partial charge is 0.857 e. The number of aliphatic hydroxyl groups is 3. The molecule has 6 fully saturated rings. The van der Waals surface area contributed by atoms with Gasteiger partial charge < -0.3 is 58.3 Å². The fourth-order valence-electron chi connectivity index (χ4n) is 8.45. The topological polar surface area (TPSA) is 192 Å². The van der Waals surface area contributed by atoms with E-state index in [1.54, 1.807) is 6.08 Å². The zero-order valence-electron chi connectivity index (χ0n) is 32.2. The zero-order valence-corrected chi connectivity index (χ0v) is 34.2. The van der Waals surface area contributed by atoms with Gasteiger partial charge in [-0.2, -0.15) is 7.11 Å². The molecule has 0 radical (unpaired) electrons. The minimum absolute atomic E-state index is 0. The maximum absolute atomic E-state index is 11.7. The number of hydrogen-bond acceptors (Lipinski definition) is 14. The fraction of sp³-hybridized carbons (Fsp3) is 0.842. The first kappa shape index (κ1) is 46.4. The Morgan fingerprint density at radius 2 is 1.26 bits per heavy atom. The molecule has 6 rings (SSSR count). The summed E-state index contributed by atoms with van der Waals surface area (Å²) in [6.45, 7) is 11.8. The molecule has 2 spiro atoms. The van der Waals surface area contributed by atoms with Crippen molar-refractivity contribution < 1.29 is 97.5 Å². The van der Waals surface area contributed by atoms with Gasteiger partial charge >= 0.3 is 41.5 Å². The Bertz CT molecular complexity index is 1160. The van der Waals surface area contributed by atoms with Crippen molar-refractivity contribution in [2.24, 2.45) is 5.92 Å². The average molecular weight is 765 g/mol. The molecule has 6 aliphatic rings. The number of rotatable bonds is 10. The Morgan fingerprint density at radius 3 is 1.75 bits per heavy atom. The van der Waals surface area contributed by atoms with E-state index < -0.39 is 79.0 Å². The molecule has 0 aromatic rings. The molecule has 14 nitrogen and oxygen atoms in total. The number of carbonyl (C=O) groups excluding carboxylic acids is 2. The third-order valence-corrected chi connectivity index (χ3v) is 10.9. The van der Waals surface area contributed by atoms with Crippen molar-refractivity contribution in [3.05, 3.63) is 25.3 Å². The van der Waals surface area contributed by atoms with Crippen molar-refractivity contribution in [3.63, 3.8) is 0 Å². The van der Waals surface area contributed by atoms with Crippen LogP contribution in [0.1, 0.15) is 97.8 Å². The molecule has 12 atom stereocenters. The second-order valence-corrected chi connectivity index (χ2v) is 14.6. The van der Waals surface area contributed by atoms with Crippen molar-refractivity contribution in [2.45, 2.75) is 177 Å². The SMILES string of the molecule is C=CC[C@@H]1O[C@@H]([C@@H](COC(C)=O)OC(C)=O)C2OC3(CCCCC3)O[C@H]2[C@H]1C.C=CC[C@@H]1O[C@@H]([C@H](O)CO)C2OC3(CCCCC3)O[C@H]2[C@H]1O.C[O-].[Na+]. The monoisotopic (exact) mass is 764 g/mol. The number of esters is 2. The average Bonchev–Trinajstić information content (AvgIpc) is 3.69. The first-order chi connectivity index (χ1) is 24.9. The summed E-state index contributed by atoms with van der Waals surface area (Å²) in [5.74, 6) is -2.05. The van der Waals surface area contributed by atoms with Gasteiger partial charge in [0.05, 0.1) is 24.9 Å². The summed E-state index contributed by atoms with van der Waals surface area (Å²) in [4.78, 5) is 23.0. The summed E-state index contributed by atoms with van der Waals surface area (Å²) < 4.78 is 48.0. The van der Waals surface area contributed by atoms with Gasteiger partial charge in [0.15, 0.2) is 17.7 Å². The van der Waals surface area contributed by atoms with E-state index in [2.05, 4.69) is 20.1 Å². The van der Waals surface area contributed by atoms with Crippen molar-refractivity contribution >= 4 is 11.9 Å². The standard InChI is InChI=1S/C21H32O7.C16H26O6.CH3O.Na/c1-5-9-16-13(2)18-20(28-21(27-18)10-7-6-8-11-21)19(26-16)17(25-15(4)23)12-24-14(3)22;1-2-6-11-12(19)14-15(13(20-11)10(18)9-17)22-16(21-14)7-4-3-5-8-16;1-2;/h5,13,16-20H,1,6-12H2,2-4H3;2,10-15,17-19H,1,3-9H2;1H3;/q;;-1;+1/t13-,16-,17+,18-,19-,20?;10-,11+,12+,13+,14+,15?;;/m01../s1. The second-order valence-electron chi connectivity index (χ2n) is 14.6. The first-order valence-corrected chi connectivity index (χ1v) is 18.9. The molecule has 0 aromatic carbocycles. The summed E-state index contributed by atoms with van der Waals surface area (Å²) in [6, 6.07) is 0. The van der Waals surface area contributed by atoms with Crippen LogP contribution in [0.3, 0.4) is 0 Å². The van der Waals surface area contributed by atoms with E-state index in [4.69, 9.17) is 43.0 Å². The van der Waals surface area contributed by atoms with Crippen LogP contribution in [0.5, 0.6) is 0 Å². The normalized spacial score (nSPS) is 36.1. The molecule has 0 aromatic heterocycles. The van der Waals surface area contributed by atoms with Crippen LogP contribution in [0.2, 0.25) is 0 Å². The fourth-order valence-corrected chi connectivity index (χ4v) is 8.45. The van der Waals surface area contributed by atoms with Gasteiger partial charge in [0.1, 0.15) is 49.3 Å². The number of ether oxygens (including phenoxy) is 8. The van der Waals surface area contributed by atoms with Gasteiger partial charge in [-0.05, 0) is 38.5 Å². The molecular formula is C38H61NaO14. The van der Waals surface area contributed by atoms with Gasteiger partial charge in [0.2, 0.25) is 0 Å². The molecule has 298 valence electrons. The molecule has 4 saturated heterocycles. The largest absolute Gasteiger partial charge is 1.00 e. The Hall–Kier alpha value is -0.980. The molecule has 2 unspecified atom stereocenters. The second kappa shape index (κ2) is 21.5. The predicted octanol–water partition coefficient (Wildman–Crippen LogP) is -0.626. The van der Waals surface area contributed by atoms with Crippen molar-refractivity contribution in [1.82, 2.24) is 0 Å². The van der Waals surface area contributed by atoms with Crippen LogP contribution in [-0.2, 0) is 47.5 Å². The third-order valence-electron chi connectivity index (χ3n) is 10.9. The van der Waals surface area contributed by atoms with Crippen LogP contribution in [0, 0.1) is 5.92 Å². The summed E-state index contributed by atoms with van der Waals surface area (Å²) in [7, 11) is 0.750. The minimum atomic E-state index is -1.06. The summed E-state index contributed by atoms with van der Waals surface area (Å²) >= 11 is 0. The summed E-state index contributed by atoms with van der Waals surface area (Å²) in [5, 5.41) is 38.1. The molecule has 2 aliphatic carbocycles. The van der Waals surface area contributed by atoms with Crippen LogP contribution in [-0.4, -0.2) is 126 Å². The molecule has 0 amide bonds. The molecule has 4 aliphatic heterocycles. The van der Waals surface area contributed by atoms with Crippen LogP contribution in [0.25, 0.3) is 0 Å². The van der Waals surface area contributed by atoms with Crippen molar-refractivity contribution in [2.75, 3.05) is 20.3 Å². The molecule has 2 saturated carbocycles. The molecular weight excluding hydrogens is 703 g/mol. The van der Waals surface area contributed by atoms with Gasteiger partial charge in [-0.15, -0.1) is 13.2 Å². The van der Waals surface area contributed by atoms with E-state index in [9.17, 15) is 24.9 Å². The Balaban J connectivity index is 0.000000274. The summed E-state index contributed by atoms with van der Waals surface area (Å²) in [6.07, 6.45) is 8.20. The molecule has 0 bridgehead atoms. The van der Waals surface area contributed by atoms with Gasteiger partial charge in [-0.1, -0.05) is 31.9 Å². The molecule has 4 heterocycles. The van der Waals surface area contributed by atoms with E-state index in [-0.39, 0.29) is 60.4 Å². The van der Waals surface area contributed by atoms with Crippen LogP contribution in [0.15, 0.2) is 25.3 Å². The van der Waals surface area contributed by atoms with Crippen molar-refractivity contribution in [3.8, 4) is 0 Å². The van der Waals surface area contributed by atoms with E-state index in [0.29, 0.717) is 12.8 Å². The Labute approximate surface area is 336 Å². The van der Waals surface area contributed by atoms with E-state index >= 15 is 0 Å². The van der Waals surface area contributed by atoms with Gasteiger partial charge in [-0.25, -0.2) is 0 Å². The predicted molar refractivity (Wildman–Crippen MR) is 184 cm³/mol. The van der Waals surface area contributed by atoms with Gasteiger partial charge in [-0.3, -0.25) is 9.59 Å². The maximum Gasteiger partial charge on any atom is 1.00 e. The Kier molecular flexibility index (Phi) is 18.8. The van der Waals surface area contributed by atoms with E-state index in [1.807, 2.05) is 6.08 Å². The maximum atomic E-state index is 11.7. The molecule has 15 heteroatoms. The van der Waals surface area contributed by atoms with Gasteiger partial charge in [0, 0.05) is 45.4 Å². The van der Waals surface area contributed by atoms with E-state index in [0.717, 1.165) is 64.9 Å². The number of aliphatic hydroxyl groups excluding tert-OH is 3. The minimum Gasteiger partial charge on any atom is -0.857 e. The van der Waals surface area contributed by atoms with Crippen molar-refractivity contribution in [1.29, 1.82) is 0 Å². The summed E-state index contributed by atoms with van der Waals surface area (Å²) in [5.41, 5.74) is 0. The quantitative estimate of drug-likeness (QED) is 0.145. The Morgan fingerprint density at radius 1 is 0.792 bits per heavy atom. The number of hydrogen-bond donors (Lipinski definition) is 3. The van der Waals surface area contributed by atoms with Crippen LogP contribution < -0.4 is 34.7 Å². The zero-order chi connectivity index (χ0) is 38.1. The number of fused-ring (bicyclic) bond motifs is 2. The van der Waals surface area contributed by atoms with Crippen LogP contribution >= 0.6 is 0 Å². The van der Waals surface area contributed by atoms with E-state index in [1.165, 1.54) is 20.3 Å². The van der Waals surface area contributed by atoms with Crippen LogP contribution in [0.4, 0.5) is 0 Å². The third kappa shape index (κ3) is 11.3. The van der Waals surface area contributed by atoms with Gasteiger partial charge in [0.25, 0.3) is 0 Å². The number of carbonyl (C=O) groups is 2. The first-order valence-electron chi connectivity index (χ1n) is 18.9. The molecule has 53 heavy (non-hydrogen) atoms.